The van der Waals surface area contributed by atoms with Gasteiger partial charge in [0, 0.05) is 5.02 Å². The van der Waals surface area contributed by atoms with Crippen molar-refractivity contribution in [2.75, 3.05) is 6.54 Å². The summed E-state index contributed by atoms with van der Waals surface area (Å²) >= 11 is 5.80. The molecule has 0 spiro atoms. The van der Waals surface area contributed by atoms with E-state index < -0.39 is 5.97 Å². The van der Waals surface area contributed by atoms with Crippen molar-refractivity contribution < 1.29 is 9.90 Å². The highest BCUT2D eigenvalue weighted by atomic mass is 35.5. The van der Waals surface area contributed by atoms with Crippen molar-refractivity contribution >= 4 is 17.6 Å². The maximum Gasteiger partial charge on any atom is 0.320 e. The number of halogens is 1. The summed E-state index contributed by atoms with van der Waals surface area (Å²) in [5, 5.41) is 12.6. The molecule has 16 heavy (non-hydrogen) atoms. The Bertz CT molecular complexity index is 377. The lowest BCUT2D eigenvalue weighted by atomic mass is 9.97. The highest BCUT2D eigenvalue weighted by molar-refractivity contribution is 6.30. The maximum absolute atomic E-state index is 10.8. The second-order valence-electron chi connectivity index (χ2n) is 4.23. The topological polar surface area (TPSA) is 49.3 Å². The van der Waals surface area contributed by atoms with E-state index in [1.54, 1.807) is 0 Å². The Morgan fingerprint density at radius 3 is 2.69 bits per heavy atom. The van der Waals surface area contributed by atoms with E-state index in [9.17, 15) is 4.79 Å². The van der Waals surface area contributed by atoms with Gasteiger partial charge in [-0.1, -0.05) is 23.7 Å². The molecule has 1 fully saturated rings. The molecule has 2 atom stereocenters. The number of carbonyl (C=O) groups is 1. The molecule has 1 aliphatic rings. The molecule has 0 amide bonds. The van der Waals surface area contributed by atoms with Crippen LogP contribution in [0.25, 0.3) is 0 Å². The molecule has 0 bridgehead atoms. The van der Waals surface area contributed by atoms with Crippen molar-refractivity contribution in [1.29, 1.82) is 0 Å². The SMILES string of the molecule is O=C(O)[C@@H]1CC(Cc2ccc(Cl)cc2)CN1. The summed E-state index contributed by atoms with van der Waals surface area (Å²) in [4.78, 5) is 10.8. The highest BCUT2D eigenvalue weighted by Crippen LogP contribution is 2.20. The Labute approximate surface area is 99.4 Å². The average Bonchev–Trinajstić information content (AvgIpc) is 2.70. The first-order chi connectivity index (χ1) is 7.65. The largest absolute Gasteiger partial charge is 0.480 e. The van der Waals surface area contributed by atoms with E-state index >= 15 is 0 Å². The Morgan fingerprint density at radius 2 is 2.12 bits per heavy atom. The lowest BCUT2D eigenvalue weighted by Crippen LogP contribution is -2.29. The summed E-state index contributed by atoms with van der Waals surface area (Å²) in [6.07, 6.45) is 1.62. The van der Waals surface area contributed by atoms with Crippen LogP contribution in [0.2, 0.25) is 5.02 Å². The van der Waals surface area contributed by atoms with Crippen LogP contribution < -0.4 is 5.32 Å². The molecule has 1 saturated heterocycles. The zero-order valence-corrected chi connectivity index (χ0v) is 9.57. The van der Waals surface area contributed by atoms with Gasteiger partial charge in [0.15, 0.2) is 0 Å². The molecule has 86 valence electrons. The summed E-state index contributed by atoms with van der Waals surface area (Å²) in [6.45, 7) is 0.777. The summed E-state index contributed by atoms with van der Waals surface area (Å²) in [5.41, 5.74) is 1.21. The first-order valence-corrected chi connectivity index (χ1v) is 5.73. The molecule has 1 unspecified atom stereocenters. The Balaban J connectivity index is 1.92. The number of carboxylic acid groups (broad SMARTS) is 1. The number of nitrogens with one attached hydrogen (secondary N) is 1. The smallest absolute Gasteiger partial charge is 0.320 e. The zero-order valence-electron chi connectivity index (χ0n) is 8.82. The van der Waals surface area contributed by atoms with Crippen LogP contribution in [0.1, 0.15) is 12.0 Å². The molecule has 2 N–H and O–H groups in total. The summed E-state index contributed by atoms with van der Waals surface area (Å²) in [6, 6.07) is 7.35. The van der Waals surface area contributed by atoms with Gasteiger partial charge in [-0.2, -0.15) is 0 Å². The van der Waals surface area contributed by atoms with Gasteiger partial charge in [-0.05, 0) is 43.0 Å². The first kappa shape index (κ1) is 11.4. The van der Waals surface area contributed by atoms with E-state index in [4.69, 9.17) is 16.7 Å². The standard InChI is InChI=1S/C12H14ClNO2/c13-10-3-1-8(2-4-10)5-9-6-11(12(15)16)14-7-9/h1-4,9,11,14H,5-7H2,(H,15,16)/t9?,11-/m0/s1. The molecule has 0 aliphatic carbocycles. The molecule has 1 aliphatic heterocycles. The van der Waals surface area contributed by atoms with Crippen molar-refractivity contribution in [3.8, 4) is 0 Å². The quantitative estimate of drug-likeness (QED) is 0.848. The minimum Gasteiger partial charge on any atom is -0.480 e. The van der Waals surface area contributed by atoms with Gasteiger partial charge in [0.05, 0.1) is 0 Å². The van der Waals surface area contributed by atoms with Gasteiger partial charge < -0.3 is 10.4 Å². The van der Waals surface area contributed by atoms with Crippen LogP contribution in [0, 0.1) is 5.92 Å². The van der Waals surface area contributed by atoms with Crippen molar-refractivity contribution in [2.24, 2.45) is 5.92 Å². The molecular weight excluding hydrogens is 226 g/mol. The molecule has 0 saturated carbocycles. The van der Waals surface area contributed by atoms with E-state index in [1.165, 1.54) is 5.56 Å². The summed E-state index contributed by atoms with van der Waals surface area (Å²) in [5.74, 6) is -0.346. The zero-order chi connectivity index (χ0) is 11.5. The fourth-order valence-electron chi connectivity index (χ4n) is 2.11. The van der Waals surface area contributed by atoms with Crippen LogP contribution in [0.15, 0.2) is 24.3 Å². The fraction of sp³-hybridized carbons (Fsp3) is 0.417. The third kappa shape index (κ3) is 2.74. The molecule has 3 nitrogen and oxygen atoms in total. The first-order valence-electron chi connectivity index (χ1n) is 5.36. The number of benzene rings is 1. The van der Waals surface area contributed by atoms with Crippen LogP contribution in [0.4, 0.5) is 0 Å². The van der Waals surface area contributed by atoms with Gasteiger partial charge in [-0.25, -0.2) is 0 Å². The van der Waals surface area contributed by atoms with Crippen molar-refractivity contribution in [1.82, 2.24) is 5.32 Å². The number of hydrogen-bond donors (Lipinski definition) is 2. The molecule has 4 heteroatoms. The minimum atomic E-state index is -0.751. The van der Waals surface area contributed by atoms with Gasteiger partial charge in [-0.3, -0.25) is 4.79 Å². The monoisotopic (exact) mass is 239 g/mol. The van der Waals surface area contributed by atoms with Gasteiger partial charge in [0.1, 0.15) is 6.04 Å². The summed E-state index contributed by atoms with van der Waals surface area (Å²) < 4.78 is 0. The van der Waals surface area contributed by atoms with E-state index in [-0.39, 0.29) is 6.04 Å². The van der Waals surface area contributed by atoms with Gasteiger partial charge in [-0.15, -0.1) is 0 Å². The Kier molecular flexibility index (Phi) is 3.46. The van der Waals surface area contributed by atoms with E-state index in [0.29, 0.717) is 12.3 Å². The van der Waals surface area contributed by atoms with E-state index in [0.717, 1.165) is 18.0 Å². The van der Waals surface area contributed by atoms with Gasteiger partial charge in [0.2, 0.25) is 0 Å². The lowest BCUT2D eigenvalue weighted by molar-refractivity contribution is -0.139. The normalized spacial score (nSPS) is 24.6. The van der Waals surface area contributed by atoms with Crippen LogP contribution in [-0.2, 0) is 11.2 Å². The van der Waals surface area contributed by atoms with E-state index in [2.05, 4.69) is 5.32 Å². The third-order valence-electron chi connectivity index (χ3n) is 2.96. The van der Waals surface area contributed by atoms with Crippen molar-refractivity contribution in [3.05, 3.63) is 34.9 Å². The average molecular weight is 240 g/mol. The minimum absolute atomic E-state index is 0.377. The number of hydrogen-bond acceptors (Lipinski definition) is 2. The number of aliphatic carboxylic acids is 1. The maximum atomic E-state index is 10.8. The molecule has 0 radical (unpaired) electrons. The number of rotatable bonds is 3. The molecule has 1 aromatic rings. The highest BCUT2D eigenvalue weighted by Gasteiger charge is 2.28. The molecule has 1 heterocycles. The lowest BCUT2D eigenvalue weighted by Gasteiger charge is -2.08. The molecule has 0 aromatic heterocycles. The predicted octanol–water partition coefficient (Wildman–Crippen LogP) is 1.95. The van der Waals surface area contributed by atoms with Crippen LogP contribution in [-0.4, -0.2) is 23.7 Å². The Hall–Kier alpha value is -1.06. The predicted molar refractivity (Wildman–Crippen MR) is 62.7 cm³/mol. The van der Waals surface area contributed by atoms with Crippen LogP contribution >= 0.6 is 11.6 Å². The molecular formula is C12H14ClNO2. The number of carboxylic acids is 1. The van der Waals surface area contributed by atoms with Crippen molar-refractivity contribution in [3.63, 3.8) is 0 Å². The van der Waals surface area contributed by atoms with Crippen LogP contribution in [0.5, 0.6) is 0 Å². The fourth-order valence-corrected chi connectivity index (χ4v) is 2.23. The molecule has 1 aromatic carbocycles. The second-order valence-corrected chi connectivity index (χ2v) is 4.67. The van der Waals surface area contributed by atoms with E-state index in [1.807, 2.05) is 24.3 Å². The van der Waals surface area contributed by atoms with Crippen molar-refractivity contribution in [2.45, 2.75) is 18.9 Å². The Morgan fingerprint density at radius 1 is 1.44 bits per heavy atom. The van der Waals surface area contributed by atoms with Gasteiger partial charge in [0.25, 0.3) is 0 Å². The van der Waals surface area contributed by atoms with Gasteiger partial charge >= 0.3 is 5.97 Å². The van der Waals surface area contributed by atoms with Crippen LogP contribution in [0.3, 0.4) is 0 Å². The third-order valence-corrected chi connectivity index (χ3v) is 3.21. The summed E-state index contributed by atoms with van der Waals surface area (Å²) in [7, 11) is 0. The second kappa shape index (κ2) is 4.85. The molecule has 2 rings (SSSR count).